The Bertz CT molecular complexity index is 587. The van der Waals surface area contributed by atoms with Crippen LogP contribution < -0.4 is 31.8 Å². The first-order valence-corrected chi connectivity index (χ1v) is 6.11. The van der Waals surface area contributed by atoms with Crippen molar-refractivity contribution in [2.24, 2.45) is 0 Å². The second kappa shape index (κ2) is 5.03. The highest BCUT2D eigenvalue weighted by Crippen LogP contribution is 2.30. The molecule has 0 saturated carbocycles. The Hall–Kier alpha value is -1.84. The number of carbonyl (C=O) groups excluding carboxylic acids is 3. The molecule has 0 bridgehead atoms. The van der Waals surface area contributed by atoms with Crippen LogP contribution in [0.1, 0.15) is 20.7 Å². The molecule has 0 aromatic heterocycles. The van der Waals surface area contributed by atoms with Crippen LogP contribution in [0.5, 0.6) is 5.75 Å². The molecule has 100 valence electrons. The number of carbonyl (C=O) groups is 3. The zero-order valence-corrected chi connectivity index (χ0v) is 12.2. The van der Waals surface area contributed by atoms with Crippen molar-refractivity contribution < 1.29 is 45.2 Å². The highest BCUT2D eigenvalue weighted by Gasteiger charge is 2.38. The fourth-order valence-electron chi connectivity index (χ4n) is 1.74. The molecule has 1 aliphatic heterocycles. The van der Waals surface area contributed by atoms with Gasteiger partial charge in [-0.1, -0.05) is 0 Å². The van der Waals surface area contributed by atoms with Crippen LogP contribution in [0.25, 0.3) is 0 Å². The number of halogens is 1. The normalized spacial score (nSPS) is 13.5. The van der Waals surface area contributed by atoms with Gasteiger partial charge in [0.2, 0.25) is 5.75 Å². The molecule has 1 aliphatic rings. The van der Waals surface area contributed by atoms with Gasteiger partial charge in [0, 0.05) is 6.07 Å². The molecule has 1 aromatic rings. The van der Waals surface area contributed by atoms with Crippen molar-refractivity contribution in [1.29, 1.82) is 0 Å². The van der Waals surface area contributed by atoms with Crippen LogP contribution in [0.2, 0.25) is 0 Å². The van der Waals surface area contributed by atoms with E-state index in [9.17, 15) is 14.4 Å². The molecule has 0 aliphatic carbocycles. The van der Waals surface area contributed by atoms with Crippen LogP contribution in [0.4, 0.5) is 5.69 Å². The third-order valence-electron chi connectivity index (χ3n) is 2.71. The number of imide groups is 1. The van der Waals surface area contributed by atoms with Gasteiger partial charge in [0.05, 0.1) is 23.9 Å². The molecular weight excluding hydrogens is 367 g/mol. The Morgan fingerprint density at radius 1 is 1.32 bits per heavy atom. The number of hydrogen-bond acceptors (Lipinski definition) is 6. The number of methoxy groups -OCH3 is 1. The van der Waals surface area contributed by atoms with E-state index < -0.39 is 24.3 Å². The van der Waals surface area contributed by atoms with Crippen molar-refractivity contribution in [1.82, 2.24) is 4.90 Å². The van der Waals surface area contributed by atoms with Crippen LogP contribution >= 0.6 is 0 Å². The summed E-state index contributed by atoms with van der Waals surface area (Å²) < 4.78 is 9.44. The van der Waals surface area contributed by atoms with Gasteiger partial charge in [0.1, 0.15) is 6.54 Å². The topological polar surface area (TPSA) is 98.9 Å². The molecule has 2 rings (SSSR count). The van der Waals surface area contributed by atoms with Crippen molar-refractivity contribution >= 4 is 23.5 Å². The molecule has 2 amide bonds. The Morgan fingerprint density at radius 2 is 1.89 bits per heavy atom. The van der Waals surface area contributed by atoms with E-state index in [1.54, 1.807) is 0 Å². The first kappa shape index (κ1) is 13.6. The molecule has 8 heteroatoms. The maximum Gasteiger partial charge on any atom is 0.516 e. The van der Waals surface area contributed by atoms with Crippen LogP contribution in [-0.4, -0.2) is 36.3 Å². The van der Waals surface area contributed by atoms with Crippen molar-refractivity contribution in [3.63, 3.8) is 0 Å². The lowest BCUT2D eigenvalue weighted by molar-refractivity contribution is -0.634. The number of ether oxygens (including phenoxy) is 1. The summed E-state index contributed by atoms with van der Waals surface area (Å²) in [5.74, 6) is -1.50. The molecule has 0 radical (unpaired) electrons. The van der Waals surface area contributed by atoms with Gasteiger partial charge in [-0.25, -0.2) is 0 Å². The SMILES string of the molecule is COC(=O)CN1C(=O)c2cc(N)c(O[IH+])cc2C1=O. The van der Waals surface area contributed by atoms with Crippen molar-refractivity contribution in [3.05, 3.63) is 23.3 Å². The summed E-state index contributed by atoms with van der Waals surface area (Å²) in [6.45, 7) is -0.425. The van der Waals surface area contributed by atoms with E-state index in [1.807, 2.05) is 0 Å². The number of hydrogen-bond donors (Lipinski definition) is 1. The number of nitrogens with zero attached hydrogens (tertiary/aromatic N) is 1. The average Bonchev–Trinajstić information content (AvgIpc) is 2.62. The minimum Gasteiger partial charge on any atom is -0.468 e. The predicted octanol–water partition coefficient (Wildman–Crippen LogP) is -3.38. The third-order valence-corrected chi connectivity index (χ3v) is 3.22. The maximum absolute atomic E-state index is 12.0. The molecule has 0 fully saturated rings. The minimum absolute atomic E-state index is 0.161. The van der Waals surface area contributed by atoms with Gasteiger partial charge in [0.15, 0.2) is 0 Å². The second-order valence-electron chi connectivity index (χ2n) is 3.79. The summed E-state index contributed by atoms with van der Waals surface area (Å²) in [4.78, 5) is 36.1. The Balaban J connectivity index is 2.41. The van der Waals surface area contributed by atoms with Crippen LogP contribution in [-0.2, 0) is 9.53 Å². The van der Waals surface area contributed by atoms with Gasteiger partial charge < -0.3 is 10.5 Å². The van der Waals surface area contributed by atoms with Gasteiger partial charge in [-0.3, -0.25) is 22.3 Å². The Labute approximate surface area is 122 Å². The molecule has 19 heavy (non-hydrogen) atoms. The van der Waals surface area contributed by atoms with E-state index in [1.165, 1.54) is 42.2 Å². The van der Waals surface area contributed by atoms with Gasteiger partial charge in [-0.05, 0) is 6.07 Å². The summed E-state index contributed by atoms with van der Waals surface area (Å²) in [6.07, 6.45) is 0. The van der Waals surface area contributed by atoms with E-state index >= 15 is 0 Å². The molecular formula is C11H10IN2O5+. The first-order valence-electron chi connectivity index (χ1n) is 5.16. The number of nitrogens with two attached hydrogens (primary N) is 1. The summed E-state index contributed by atoms with van der Waals surface area (Å²) in [7, 11) is 1.18. The average molecular weight is 377 g/mol. The lowest BCUT2D eigenvalue weighted by Crippen LogP contribution is -3.37. The number of benzene rings is 1. The van der Waals surface area contributed by atoms with Crippen molar-refractivity contribution in [2.75, 3.05) is 19.4 Å². The predicted molar refractivity (Wildman–Crippen MR) is 60.3 cm³/mol. The molecule has 1 aromatic carbocycles. The fourth-order valence-corrected chi connectivity index (χ4v) is 2.15. The number of nitrogen functional groups attached to an aromatic ring is 1. The summed E-state index contributed by atoms with van der Waals surface area (Å²) in [5, 5.41) is 0. The highest BCUT2D eigenvalue weighted by molar-refractivity contribution is 6.22. The number of esters is 1. The molecule has 0 unspecified atom stereocenters. The zero-order chi connectivity index (χ0) is 14.2. The highest BCUT2D eigenvalue weighted by atomic mass is 127. The summed E-state index contributed by atoms with van der Waals surface area (Å²) >= 11 is 1.34. The molecule has 0 saturated heterocycles. The third kappa shape index (κ3) is 2.23. The molecule has 0 spiro atoms. The van der Waals surface area contributed by atoms with Gasteiger partial charge in [-0.2, -0.15) is 0 Å². The minimum atomic E-state index is -0.671. The quantitative estimate of drug-likeness (QED) is 0.256. The number of fused-ring (bicyclic) bond motifs is 1. The lowest BCUT2D eigenvalue weighted by atomic mass is 10.1. The van der Waals surface area contributed by atoms with Gasteiger partial charge in [0.25, 0.3) is 11.8 Å². The van der Waals surface area contributed by atoms with Gasteiger partial charge in [-0.15, -0.1) is 0 Å². The Kier molecular flexibility index (Phi) is 3.60. The van der Waals surface area contributed by atoms with E-state index in [0.29, 0.717) is 5.75 Å². The Morgan fingerprint density at radius 3 is 2.42 bits per heavy atom. The smallest absolute Gasteiger partial charge is 0.468 e. The molecule has 0 atom stereocenters. The number of amides is 2. The maximum atomic E-state index is 12.0. The second-order valence-corrected chi connectivity index (χ2v) is 4.27. The van der Waals surface area contributed by atoms with E-state index in [-0.39, 0.29) is 16.8 Å². The zero-order valence-electron chi connectivity index (χ0n) is 9.84. The van der Waals surface area contributed by atoms with Crippen molar-refractivity contribution in [3.8, 4) is 5.75 Å². The first-order chi connectivity index (χ1) is 8.99. The van der Waals surface area contributed by atoms with Crippen LogP contribution in [0.15, 0.2) is 12.1 Å². The van der Waals surface area contributed by atoms with E-state index in [2.05, 4.69) is 4.74 Å². The summed E-state index contributed by atoms with van der Waals surface area (Å²) in [6, 6.07) is 2.76. The van der Waals surface area contributed by atoms with Crippen LogP contribution in [0, 0.1) is 0 Å². The van der Waals surface area contributed by atoms with Crippen molar-refractivity contribution in [2.45, 2.75) is 0 Å². The molecule has 2 N–H and O–H groups in total. The number of anilines is 1. The van der Waals surface area contributed by atoms with Crippen LogP contribution in [0.3, 0.4) is 0 Å². The largest absolute Gasteiger partial charge is 0.516 e. The van der Waals surface area contributed by atoms with E-state index in [4.69, 9.17) is 8.80 Å². The lowest BCUT2D eigenvalue weighted by Gasteiger charge is -2.11. The molecule has 1 heterocycles. The fraction of sp³-hybridized carbons (Fsp3) is 0.182. The molecule has 7 nitrogen and oxygen atoms in total. The monoisotopic (exact) mass is 377 g/mol. The standard InChI is InChI=1S/C11H9IN2O5/c1-18-9(15)4-14-10(16)5-2-7(13)8(19-12)3-6(5)11(14)17/h2-3,12H,4H2,1H3,(H-,13,17)/p+1. The van der Waals surface area contributed by atoms with Gasteiger partial charge >= 0.3 is 29.0 Å². The number of rotatable bonds is 3. The van der Waals surface area contributed by atoms with E-state index in [0.717, 1.165) is 4.90 Å². The summed E-state index contributed by atoms with van der Waals surface area (Å²) in [5.41, 5.74) is 6.27.